The molecule has 0 aromatic carbocycles. The van der Waals surface area contributed by atoms with Gasteiger partial charge in [0, 0.05) is 13.2 Å². The van der Waals surface area contributed by atoms with E-state index in [0.717, 1.165) is 38.7 Å². The summed E-state index contributed by atoms with van der Waals surface area (Å²) in [6.45, 7) is 3.41. The van der Waals surface area contributed by atoms with Crippen LogP contribution in [-0.4, -0.2) is 24.3 Å². The summed E-state index contributed by atoms with van der Waals surface area (Å²) >= 11 is 0. The van der Waals surface area contributed by atoms with Crippen molar-refractivity contribution in [1.29, 1.82) is 0 Å². The van der Waals surface area contributed by atoms with E-state index in [1.807, 2.05) is 0 Å². The maximum absolute atomic E-state index is 11.3. The third-order valence-corrected chi connectivity index (χ3v) is 3.34. The van der Waals surface area contributed by atoms with Gasteiger partial charge in [-0.3, -0.25) is 4.79 Å². The van der Waals surface area contributed by atoms with Gasteiger partial charge in [0.1, 0.15) is 0 Å². The summed E-state index contributed by atoms with van der Waals surface area (Å²) < 4.78 is 5.40. The van der Waals surface area contributed by atoms with Crippen LogP contribution >= 0.6 is 0 Å². The Labute approximate surface area is 91.8 Å². The van der Waals surface area contributed by atoms with Gasteiger partial charge in [-0.05, 0) is 25.7 Å². The molecule has 0 heterocycles. The Bertz CT molecular complexity index is 195. The van der Waals surface area contributed by atoms with Gasteiger partial charge in [0.2, 0.25) is 0 Å². The second-order valence-corrected chi connectivity index (χ2v) is 4.51. The Morgan fingerprint density at radius 2 is 1.93 bits per heavy atom. The fourth-order valence-electron chi connectivity index (χ4n) is 2.31. The summed E-state index contributed by atoms with van der Waals surface area (Å²) in [5.74, 6) is -0.623. The van der Waals surface area contributed by atoms with Crippen molar-refractivity contribution >= 4 is 5.97 Å². The van der Waals surface area contributed by atoms with Gasteiger partial charge < -0.3 is 9.84 Å². The molecule has 0 unspecified atom stereocenters. The van der Waals surface area contributed by atoms with Gasteiger partial charge in [-0.1, -0.05) is 26.2 Å². The molecule has 1 aliphatic rings. The SMILES string of the molecule is CCCOCCC1(C(=O)O)CCCCC1. The van der Waals surface area contributed by atoms with Gasteiger partial charge in [-0.15, -0.1) is 0 Å². The fraction of sp³-hybridized carbons (Fsp3) is 0.917. The number of aliphatic carboxylic acids is 1. The molecule has 3 heteroatoms. The number of carboxylic acids is 1. The van der Waals surface area contributed by atoms with Gasteiger partial charge in [0.05, 0.1) is 5.41 Å². The smallest absolute Gasteiger partial charge is 0.309 e. The number of hydrogen-bond acceptors (Lipinski definition) is 2. The van der Waals surface area contributed by atoms with Crippen LogP contribution in [0.3, 0.4) is 0 Å². The van der Waals surface area contributed by atoms with E-state index in [0.29, 0.717) is 13.0 Å². The lowest BCUT2D eigenvalue weighted by Gasteiger charge is -2.33. The lowest BCUT2D eigenvalue weighted by atomic mass is 9.72. The molecule has 1 aliphatic carbocycles. The summed E-state index contributed by atoms with van der Waals surface area (Å²) in [4.78, 5) is 11.3. The highest BCUT2D eigenvalue weighted by Crippen LogP contribution is 2.39. The molecule has 0 atom stereocenters. The Balaban J connectivity index is 2.39. The van der Waals surface area contributed by atoms with E-state index < -0.39 is 11.4 Å². The van der Waals surface area contributed by atoms with Crippen LogP contribution in [-0.2, 0) is 9.53 Å². The van der Waals surface area contributed by atoms with Crippen LogP contribution < -0.4 is 0 Å². The summed E-state index contributed by atoms with van der Waals surface area (Å²) in [5.41, 5.74) is -0.480. The molecule has 3 nitrogen and oxygen atoms in total. The van der Waals surface area contributed by atoms with Crippen LogP contribution in [0.2, 0.25) is 0 Å². The summed E-state index contributed by atoms with van der Waals surface area (Å²) in [5, 5.41) is 9.29. The Kier molecular flexibility index (Phi) is 5.09. The normalized spacial score (nSPS) is 20.1. The van der Waals surface area contributed by atoms with Crippen LogP contribution in [0.5, 0.6) is 0 Å². The second kappa shape index (κ2) is 6.11. The zero-order valence-corrected chi connectivity index (χ0v) is 9.63. The standard InChI is InChI=1S/C12H22O3/c1-2-9-15-10-8-12(11(13)14)6-4-3-5-7-12/h2-10H2,1H3,(H,13,14). The van der Waals surface area contributed by atoms with E-state index in [-0.39, 0.29) is 0 Å². The first-order valence-electron chi connectivity index (χ1n) is 6.02. The van der Waals surface area contributed by atoms with E-state index in [9.17, 15) is 9.90 Å². The van der Waals surface area contributed by atoms with Crippen LogP contribution in [0, 0.1) is 5.41 Å². The van der Waals surface area contributed by atoms with E-state index in [4.69, 9.17) is 4.74 Å². The molecule has 0 spiro atoms. The number of carbonyl (C=O) groups is 1. The molecule has 1 N–H and O–H groups in total. The van der Waals surface area contributed by atoms with Gasteiger partial charge in [-0.25, -0.2) is 0 Å². The average Bonchev–Trinajstić information content (AvgIpc) is 2.26. The zero-order chi connectivity index (χ0) is 11.1. The lowest BCUT2D eigenvalue weighted by molar-refractivity contribution is -0.152. The predicted molar refractivity (Wildman–Crippen MR) is 58.9 cm³/mol. The van der Waals surface area contributed by atoms with Crippen LogP contribution in [0.4, 0.5) is 0 Å². The summed E-state index contributed by atoms with van der Waals surface area (Å²) in [6, 6.07) is 0. The van der Waals surface area contributed by atoms with Crippen LogP contribution in [0.15, 0.2) is 0 Å². The average molecular weight is 214 g/mol. The van der Waals surface area contributed by atoms with E-state index in [2.05, 4.69) is 6.92 Å². The van der Waals surface area contributed by atoms with Crippen molar-refractivity contribution in [2.75, 3.05) is 13.2 Å². The highest BCUT2D eigenvalue weighted by Gasteiger charge is 2.38. The molecule has 88 valence electrons. The third kappa shape index (κ3) is 3.49. The number of ether oxygens (including phenoxy) is 1. The number of hydrogen-bond donors (Lipinski definition) is 1. The third-order valence-electron chi connectivity index (χ3n) is 3.34. The van der Waals surface area contributed by atoms with Crippen molar-refractivity contribution in [2.24, 2.45) is 5.41 Å². The van der Waals surface area contributed by atoms with Crippen molar-refractivity contribution in [3.05, 3.63) is 0 Å². The van der Waals surface area contributed by atoms with E-state index >= 15 is 0 Å². The monoisotopic (exact) mass is 214 g/mol. The van der Waals surface area contributed by atoms with Crippen molar-refractivity contribution in [1.82, 2.24) is 0 Å². The largest absolute Gasteiger partial charge is 0.481 e. The molecule has 0 radical (unpaired) electrons. The van der Waals surface area contributed by atoms with E-state index in [1.54, 1.807) is 0 Å². The number of rotatable bonds is 6. The maximum Gasteiger partial charge on any atom is 0.309 e. The predicted octanol–water partition coefficient (Wildman–Crippen LogP) is 2.84. The fourth-order valence-corrected chi connectivity index (χ4v) is 2.31. The highest BCUT2D eigenvalue weighted by atomic mass is 16.5. The molecule has 1 rings (SSSR count). The zero-order valence-electron chi connectivity index (χ0n) is 9.63. The minimum absolute atomic E-state index is 0.480. The first kappa shape index (κ1) is 12.5. The van der Waals surface area contributed by atoms with Gasteiger partial charge in [-0.2, -0.15) is 0 Å². The molecule has 0 saturated heterocycles. The Hall–Kier alpha value is -0.570. The molecule has 0 aromatic heterocycles. The minimum atomic E-state index is -0.623. The summed E-state index contributed by atoms with van der Waals surface area (Å²) in [6.07, 6.45) is 6.64. The first-order chi connectivity index (χ1) is 7.21. The Morgan fingerprint density at radius 1 is 1.27 bits per heavy atom. The van der Waals surface area contributed by atoms with E-state index in [1.165, 1.54) is 6.42 Å². The van der Waals surface area contributed by atoms with Crippen LogP contribution in [0.1, 0.15) is 51.9 Å². The number of carboxylic acid groups (broad SMARTS) is 1. The first-order valence-corrected chi connectivity index (χ1v) is 6.02. The molecule has 1 saturated carbocycles. The van der Waals surface area contributed by atoms with Gasteiger partial charge in [0.25, 0.3) is 0 Å². The Morgan fingerprint density at radius 3 is 2.47 bits per heavy atom. The molecule has 0 amide bonds. The lowest BCUT2D eigenvalue weighted by Crippen LogP contribution is -2.34. The highest BCUT2D eigenvalue weighted by molar-refractivity contribution is 5.74. The molecule has 0 aromatic rings. The molecular weight excluding hydrogens is 192 g/mol. The maximum atomic E-state index is 11.3. The molecule has 15 heavy (non-hydrogen) atoms. The summed E-state index contributed by atoms with van der Waals surface area (Å²) in [7, 11) is 0. The topological polar surface area (TPSA) is 46.5 Å². The minimum Gasteiger partial charge on any atom is -0.481 e. The van der Waals surface area contributed by atoms with Crippen molar-refractivity contribution in [3.63, 3.8) is 0 Å². The second-order valence-electron chi connectivity index (χ2n) is 4.51. The van der Waals surface area contributed by atoms with Crippen molar-refractivity contribution in [2.45, 2.75) is 51.9 Å². The van der Waals surface area contributed by atoms with Gasteiger partial charge in [0.15, 0.2) is 0 Å². The van der Waals surface area contributed by atoms with Crippen molar-refractivity contribution in [3.8, 4) is 0 Å². The quantitative estimate of drug-likeness (QED) is 0.691. The molecule has 1 fully saturated rings. The van der Waals surface area contributed by atoms with Crippen LogP contribution in [0.25, 0.3) is 0 Å². The molecule has 0 bridgehead atoms. The van der Waals surface area contributed by atoms with Gasteiger partial charge >= 0.3 is 5.97 Å². The molecular formula is C12H22O3. The van der Waals surface area contributed by atoms with Crippen molar-refractivity contribution < 1.29 is 14.6 Å². The molecule has 0 aliphatic heterocycles.